The lowest BCUT2D eigenvalue weighted by Crippen LogP contribution is -2.32. The van der Waals surface area contributed by atoms with Gasteiger partial charge in [0.15, 0.2) is 0 Å². The standard InChI is InChI=1S/C24H25N3O3/c1-2-17-9-11-18(12-10-17)25-22(28)16-27-21-8-4-3-7-19(21)20(15-23(27)29)24(30)26-13-5-6-14-26/h3-4,7-12,15H,2,5-6,13-14,16H2,1H3,(H,25,28). The number of hydrogen-bond donors (Lipinski definition) is 1. The molecule has 0 bridgehead atoms. The molecular formula is C24H25N3O3. The number of anilines is 1. The van der Waals surface area contributed by atoms with Crippen LogP contribution in [0.4, 0.5) is 5.69 Å². The number of aryl methyl sites for hydroxylation is 1. The second-order valence-electron chi connectivity index (χ2n) is 7.60. The molecule has 1 fully saturated rings. The lowest BCUT2D eigenvalue weighted by atomic mass is 10.1. The third-order valence-electron chi connectivity index (χ3n) is 5.59. The van der Waals surface area contributed by atoms with Gasteiger partial charge in [0.2, 0.25) is 5.91 Å². The molecule has 154 valence electrons. The van der Waals surface area contributed by atoms with Crippen molar-refractivity contribution in [3.8, 4) is 0 Å². The molecule has 2 heterocycles. The predicted molar refractivity (Wildman–Crippen MR) is 118 cm³/mol. The van der Waals surface area contributed by atoms with E-state index in [2.05, 4.69) is 12.2 Å². The Labute approximate surface area is 175 Å². The molecule has 0 saturated carbocycles. The fourth-order valence-corrected chi connectivity index (χ4v) is 3.93. The molecule has 0 spiro atoms. The highest BCUT2D eigenvalue weighted by molar-refractivity contribution is 6.06. The van der Waals surface area contributed by atoms with Crippen LogP contribution >= 0.6 is 0 Å². The fraction of sp³-hybridized carbons (Fsp3) is 0.292. The molecule has 6 heteroatoms. The van der Waals surface area contributed by atoms with Crippen molar-refractivity contribution in [3.05, 3.63) is 76.1 Å². The number of carbonyl (C=O) groups excluding carboxylic acids is 2. The first-order valence-corrected chi connectivity index (χ1v) is 10.4. The van der Waals surface area contributed by atoms with Crippen molar-refractivity contribution < 1.29 is 9.59 Å². The van der Waals surface area contributed by atoms with E-state index in [0.29, 0.717) is 22.2 Å². The largest absolute Gasteiger partial charge is 0.339 e. The number of hydrogen-bond acceptors (Lipinski definition) is 3. The van der Waals surface area contributed by atoms with Gasteiger partial charge in [-0.25, -0.2) is 0 Å². The number of para-hydroxylation sites is 1. The zero-order valence-electron chi connectivity index (χ0n) is 17.1. The topological polar surface area (TPSA) is 71.4 Å². The summed E-state index contributed by atoms with van der Waals surface area (Å²) in [6.07, 6.45) is 2.90. The molecule has 0 unspecified atom stereocenters. The zero-order valence-corrected chi connectivity index (χ0v) is 17.1. The third-order valence-corrected chi connectivity index (χ3v) is 5.59. The molecule has 0 aliphatic carbocycles. The second kappa shape index (κ2) is 8.53. The number of nitrogens with zero attached hydrogens (tertiary/aromatic N) is 2. The van der Waals surface area contributed by atoms with Gasteiger partial charge in [-0.2, -0.15) is 0 Å². The highest BCUT2D eigenvalue weighted by Gasteiger charge is 2.23. The zero-order chi connectivity index (χ0) is 21.1. The van der Waals surface area contributed by atoms with Crippen LogP contribution in [0.15, 0.2) is 59.4 Å². The van der Waals surface area contributed by atoms with E-state index in [1.54, 1.807) is 11.0 Å². The monoisotopic (exact) mass is 403 g/mol. The van der Waals surface area contributed by atoms with E-state index in [9.17, 15) is 14.4 Å². The Kier molecular flexibility index (Phi) is 5.65. The number of rotatable bonds is 5. The molecule has 0 radical (unpaired) electrons. The Balaban J connectivity index is 1.63. The van der Waals surface area contributed by atoms with Crippen molar-refractivity contribution in [1.82, 2.24) is 9.47 Å². The summed E-state index contributed by atoms with van der Waals surface area (Å²) in [6.45, 7) is 3.39. The van der Waals surface area contributed by atoms with Gasteiger partial charge in [-0.15, -0.1) is 0 Å². The van der Waals surface area contributed by atoms with Gasteiger partial charge in [0.25, 0.3) is 11.5 Å². The second-order valence-corrected chi connectivity index (χ2v) is 7.60. The Morgan fingerprint density at radius 2 is 1.70 bits per heavy atom. The maximum absolute atomic E-state index is 12.9. The van der Waals surface area contributed by atoms with Gasteiger partial charge in [-0.05, 0) is 43.0 Å². The summed E-state index contributed by atoms with van der Waals surface area (Å²) < 4.78 is 1.42. The van der Waals surface area contributed by atoms with E-state index in [1.165, 1.54) is 16.2 Å². The van der Waals surface area contributed by atoms with E-state index < -0.39 is 0 Å². The van der Waals surface area contributed by atoms with Gasteiger partial charge >= 0.3 is 0 Å². The Morgan fingerprint density at radius 3 is 2.40 bits per heavy atom. The van der Waals surface area contributed by atoms with Gasteiger partial charge in [0.05, 0.1) is 11.1 Å². The molecule has 2 amide bonds. The Morgan fingerprint density at radius 1 is 1.00 bits per heavy atom. The van der Waals surface area contributed by atoms with E-state index in [-0.39, 0.29) is 23.9 Å². The van der Waals surface area contributed by atoms with E-state index in [0.717, 1.165) is 32.4 Å². The number of amides is 2. The average molecular weight is 403 g/mol. The number of fused-ring (bicyclic) bond motifs is 1. The maximum Gasteiger partial charge on any atom is 0.254 e. The molecule has 30 heavy (non-hydrogen) atoms. The van der Waals surface area contributed by atoms with Crippen molar-refractivity contribution >= 4 is 28.4 Å². The Bertz CT molecular complexity index is 1140. The minimum Gasteiger partial charge on any atom is -0.339 e. The van der Waals surface area contributed by atoms with Crippen LogP contribution in [0.2, 0.25) is 0 Å². The van der Waals surface area contributed by atoms with Crippen LogP contribution in [0, 0.1) is 0 Å². The summed E-state index contributed by atoms with van der Waals surface area (Å²) in [6, 6.07) is 16.3. The highest BCUT2D eigenvalue weighted by Crippen LogP contribution is 2.21. The van der Waals surface area contributed by atoms with Crippen molar-refractivity contribution in [3.63, 3.8) is 0 Å². The minimum atomic E-state index is -0.354. The van der Waals surface area contributed by atoms with Crippen LogP contribution < -0.4 is 10.9 Å². The maximum atomic E-state index is 12.9. The van der Waals surface area contributed by atoms with Gasteiger partial charge in [0.1, 0.15) is 6.54 Å². The molecule has 1 aliphatic rings. The van der Waals surface area contributed by atoms with Crippen LogP contribution in [0.3, 0.4) is 0 Å². The van der Waals surface area contributed by atoms with Crippen molar-refractivity contribution in [2.75, 3.05) is 18.4 Å². The van der Waals surface area contributed by atoms with Crippen LogP contribution in [0.25, 0.3) is 10.9 Å². The number of aromatic nitrogens is 1. The number of likely N-dealkylation sites (tertiary alicyclic amines) is 1. The van der Waals surface area contributed by atoms with E-state index in [1.807, 2.05) is 42.5 Å². The lowest BCUT2D eigenvalue weighted by Gasteiger charge is -2.18. The van der Waals surface area contributed by atoms with Gasteiger partial charge in [0, 0.05) is 30.2 Å². The van der Waals surface area contributed by atoms with Crippen LogP contribution in [0.5, 0.6) is 0 Å². The third kappa shape index (κ3) is 3.99. The molecule has 1 N–H and O–H groups in total. The summed E-state index contributed by atoms with van der Waals surface area (Å²) in [7, 11) is 0. The average Bonchev–Trinajstić information content (AvgIpc) is 3.30. The van der Waals surface area contributed by atoms with Crippen molar-refractivity contribution in [2.45, 2.75) is 32.7 Å². The molecule has 1 saturated heterocycles. The Hall–Kier alpha value is -3.41. The van der Waals surface area contributed by atoms with Crippen LogP contribution in [-0.2, 0) is 17.8 Å². The first-order chi connectivity index (χ1) is 14.6. The van der Waals surface area contributed by atoms with E-state index >= 15 is 0 Å². The molecule has 6 nitrogen and oxygen atoms in total. The molecule has 1 aliphatic heterocycles. The molecule has 0 atom stereocenters. The smallest absolute Gasteiger partial charge is 0.254 e. The number of benzene rings is 2. The lowest BCUT2D eigenvalue weighted by molar-refractivity contribution is -0.116. The summed E-state index contributed by atoms with van der Waals surface area (Å²) in [5, 5.41) is 3.53. The quantitative estimate of drug-likeness (QED) is 0.709. The van der Waals surface area contributed by atoms with E-state index in [4.69, 9.17) is 0 Å². The van der Waals surface area contributed by atoms with Gasteiger partial charge in [-0.3, -0.25) is 19.0 Å². The predicted octanol–water partition coefficient (Wildman–Crippen LogP) is 3.44. The van der Waals surface area contributed by atoms with Crippen LogP contribution in [-0.4, -0.2) is 34.4 Å². The number of pyridine rings is 1. The summed E-state index contributed by atoms with van der Waals surface area (Å²) in [5.41, 5.74) is 2.52. The number of nitrogens with one attached hydrogen (secondary N) is 1. The molecule has 4 rings (SSSR count). The van der Waals surface area contributed by atoms with Crippen molar-refractivity contribution in [1.29, 1.82) is 0 Å². The molecular weight excluding hydrogens is 378 g/mol. The number of carbonyl (C=O) groups is 2. The van der Waals surface area contributed by atoms with Crippen molar-refractivity contribution in [2.24, 2.45) is 0 Å². The van der Waals surface area contributed by atoms with Gasteiger partial charge in [-0.1, -0.05) is 37.3 Å². The fourth-order valence-electron chi connectivity index (χ4n) is 3.93. The molecule has 2 aromatic carbocycles. The summed E-state index contributed by atoms with van der Waals surface area (Å²) >= 11 is 0. The minimum absolute atomic E-state index is 0.117. The van der Waals surface area contributed by atoms with Crippen LogP contribution in [0.1, 0.15) is 35.7 Å². The normalized spacial score (nSPS) is 13.6. The first-order valence-electron chi connectivity index (χ1n) is 10.4. The molecule has 3 aromatic rings. The molecule has 1 aromatic heterocycles. The SMILES string of the molecule is CCc1ccc(NC(=O)Cn2c(=O)cc(C(=O)N3CCCC3)c3ccccc32)cc1. The summed E-state index contributed by atoms with van der Waals surface area (Å²) in [4.78, 5) is 40.2. The van der Waals surface area contributed by atoms with Gasteiger partial charge < -0.3 is 10.2 Å². The summed E-state index contributed by atoms with van der Waals surface area (Å²) in [5.74, 6) is -0.404. The first kappa shape index (κ1) is 19.9. The highest BCUT2D eigenvalue weighted by atomic mass is 16.2.